The van der Waals surface area contributed by atoms with Crippen molar-refractivity contribution in [3.63, 3.8) is 0 Å². The molecule has 0 saturated carbocycles. The molecule has 2 N–H and O–H groups in total. The third kappa shape index (κ3) is 4.22. The number of benzene rings is 1. The van der Waals surface area contributed by atoms with Gasteiger partial charge in [-0.15, -0.1) is 0 Å². The van der Waals surface area contributed by atoms with Crippen LogP contribution < -0.4 is 10.2 Å². The Morgan fingerprint density at radius 3 is 2.52 bits per heavy atom. The molecule has 3 rings (SSSR count). The first-order valence-electron chi connectivity index (χ1n) is 8.68. The molecule has 0 spiro atoms. The Morgan fingerprint density at radius 2 is 1.93 bits per heavy atom. The summed E-state index contributed by atoms with van der Waals surface area (Å²) in [6.45, 7) is 3.31. The molecular formula is C19H21Cl2N3O3. The molecule has 1 aromatic heterocycles. The summed E-state index contributed by atoms with van der Waals surface area (Å²) >= 11 is 12.1. The predicted molar refractivity (Wildman–Crippen MR) is 106 cm³/mol. The summed E-state index contributed by atoms with van der Waals surface area (Å²) in [5.41, 5.74) is 2.47. The minimum absolute atomic E-state index is 0.0518. The zero-order valence-corrected chi connectivity index (χ0v) is 16.7. The van der Waals surface area contributed by atoms with Gasteiger partial charge in [0.05, 0.1) is 22.7 Å². The van der Waals surface area contributed by atoms with Crippen LogP contribution in [0.15, 0.2) is 24.3 Å². The molecule has 0 aliphatic carbocycles. The highest BCUT2D eigenvalue weighted by atomic mass is 35.5. The molecule has 1 fully saturated rings. The molecule has 2 aromatic rings. The number of carbonyl (C=O) groups excluding carboxylic acids is 2. The lowest BCUT2D eigenvalue weighted by Crippen LogP contribution is -2.44. The van der Waals surface area contributed by atoms with Gasteiger partial charge in [0.25, 0.3) is 5.91 Å². The minimum Gasteiger partial charge on any atom is -0.465 e. The van der Waals surface area contributed by atoms with Crippen molar-refractivity contribution in [1.82, 2.24) is 10.3 Å². The lowest BCUT2D eigenvalue weighted by Gasteiger charge is -2.34. The summed E-state index contributed by atoms with van der Waals surface area (Å²) in [7, 11) is 1.37. The Kier molecular flexibility index (Phi) is 5.97. The smallest absolute Gasteiger partial charge is 0.337 e. The van der Waals surface area contributed by atoms with Crippen molar-refractivity contribution in [2.75, 3.05) is 25.1 Å². The van der Waals surface area contributed by atoms with Crippen LogP contribution in [0, 0.1) is 6.92 Å². The van der Waals surface area contributed by atoms with Crippen molar-refractivity contribution in [2.24, 2.45) is 0 Å². The fraction of sp³-hybridized carbons (Fsp3) is 0.368. The Bertz CT molecular complexity index is 858. The van der Waals surface area contributed by atoms with Crippen molar-refractivity contribution in [1.29, 1.82) is 0 Å². The van der Waals surface area contributed by atoms with E-state index in [0.717, 1.165) is 31.6 Å². The number of esters is 1. The quantitative estimate of drug-likeness (QED) is 0.752. The van der Waals surface area contributed by atoms with E-state index in [0.29, 0.717) is 22.0 Å². The number of amides is 1. The highest BCUT2D eigenvalue weighted by Crippen LogP contribution is 2.29. The van der Waals surface area contributed by atoms with Crippen LogP contribution in [0.1, 0.15) is 39.4 Å². The minimum atomic E-state index is -0.351. The number of halogens is 2. The number of piperidine rings is 1. The number of aryl methyl sites for hydroxylation is 1. The maximum absolute atomic E-state index is 12.5. The van der Waals surface area contributed by atoms with E-state index >= 15 is 0 Å². The highest BCUT2D eigenvalue weighted by molar-refractivity contribution is 6.44. The molecular weight excluding hydrogens is 389 g/mol. The van der Waals surface area contributed by atoms with E-state index < -0.39 is 0 Å². The van der Waals surface area contributed by atoms with Gasteiger partial charge >= 0.3 is 5.97 Å². The van der Waals surface area contributed by atoms with Gasteiger partial charge in [0, 0.05) is 30.5 Å². The number of ether oxygens (including phenoxy) is 1. The average Bonchev–Trinajstić information content (AvgIpc) is 2.95. The number of carbonyl (C=O) groups is 2. The fourth-order valence-corrected chi connectivity index (χ4v) is 3.63. The number of nitrogens with one attached hydrogen (secondary N) is 2. The Labute approximate surface area is 167 Å². The first-order valence-corrected chi connectivity index (χ1v) is 9.44. The molecule has 0 atom stereocenters. The van der Waals surface area contributed by atoms with Gasteiger partial charge in [0.1, 0.15) is 5.69 Å². The van der Waals surface area contributed by atoms with E-state index in [-0.39, 0.29) is 22.9 Å². The Hall–Kier alpha value is -2.18. The summed E-state index contributed by atoms with van der Waals surface area (Å²) in [5, 5.41) is 3.64. The first kappa shape index (κ1) is 19.6. The Morgan fingerprint density at radius 1 is 1.22 bits per heavy atom. The summed E-state index contributed by atoms with van der Waals surface area (Å²) in [6.07, 6.45) is 1.58. The number of nitrogens with zero attached hydrogens (tertiary/aromatic N) is 1. The van der Waals surface area contributed by atoms with Gasteiger partial charge in [-0.1, -0.05) is 29.3 Å². The van der Waals surface area contributed by atoms with Gasteiger partial charge in [0.15, 0.2) is 0 Å². The fourth-order valence-electron chi connectivity index (χ4n) is 3.22. The third-order valence-electron chi connectivity index (χ3n) is 4.74. The molecule has 0 radical (unpaired) electrons. The van der Waals surface area contributed by atoms with E-state index in [4.69, 9.17) is 27.9 Å². The zero-order valence-electron chi connectivity index (χ0n) is 15.1. The van der Waals surface area contributed by atoms with Crippen molar-refractivity contribution in [2.45, 2.75) is 25.8 Å². The van der Waals surface area contributed by atoms with Gasteiger partial charge in [-0.2, -0.15) is 0 Å². The maximum atomic E-state index is 12.5. The number of anilines is 1. The molecule has 6 nitrogen and oxygen atoms in total. The van der Waals surface area contributed by atoms with Crippen molar-refractivity contribution in [3.8, 4) is 0 Å². The van der Waals surface area contributed by atoms with E-state index in [9.17, 15) is 9.59 Å². The van der Waals surface area contributed by atoms with E-state index in [1.165, 1.54) is 7.11 Å². The van der Waals surface area contributed by atoms with Gasteiger partial charge in [-0.3, -0.25) is 4.79 Å². The Balaban J connectivity index is 1.60. The van der Waals surface area contributed by atoms with Crippen LogP contribution in [0.2, 0.25) is 10.0 Å². The third-order valence-corrected chi connectivity index (χ3v) is 5.69. The van der Waals surface area contributed by atoms with E-state index in [1.807, 2.05) is 18.2 Å². The summed E-state index contributed by atoms with van der Waals surface area (Å²) in [5.74, 6) is -0.600. The molecule has 1 amide bonds. The summed E-state index contributed by atoms with van der Waals surface area (Å²) in [6, 6.07) is 7.42. The molecule has 2 heterocycles. The van der Waals surface area contributed by atoms with Crippen LogP contribution in [0.5, 0.6) is 0 Å². The summed E-state index contributed by atoms with van der Waals surface area (Å²) in [4.78, 5) is 29.3. The van der Waals surface area contributed by atoms with Crippen LogP contribution in [0.4, 0.5) is 5.69 Å². The molecule has 144 valence electrons. The van der Waals surface area contributed by atoms with Crippen LogP contribution in [0.3, 0.4) is 0 Å². The average molecular weight is 410 g/mol. The van der Waals surface area contributed by atoms with Gasteiger partial charge in [0.2, 0.25) is 0 Å². The first-order chi connectivity index (χ1) is 12.9. The molecule has 1 aliphatic heterocycles. The number of H-pyrrole nitrogens is 1. The lowest BCUT2D eigenvalue weighted by molar-refractivity contribution is 0.0600. The molecule has 0 bridgehead atoms. The molecule has 1 saturated heterocycles. The largest absolute Gasteiger partial charge is 0.465 e. The summed E-state index contributed by atoms with van der Waals surface area (Å²) < 4.78 is 4.77. The van der Waals surface area contributed by atoms with Gasteiger partial charge in [-0.25, -0.2) is 4.79 Å². The number of methoxy groups -OCH3 is 1. The normalized spacial score (nSPS) is 14.9. The number of aromatic amines is 1. The highest BCUT2D eigenvalue weighted by Gasteiger charge is 2.24. The lowest BCUT2D eigenvalue weighted by atomic mass is 10.0. The number of rotatable bonds is 4. The van der Waals surface area contributed by atoms with Crippen molar-refractivity contribution in [3.05, 3.63) is 51.3 Å². The molecule has 1 aromatic carbocycles. The van der Waals surface area contributed by atoms with Crippen LogP contribution in [-0.2, 0) is 4.74 Å². The predicted octanol–water partition coefficient (Wildman–Crippen LogP) is 3.82. The molecule has 27 heavy (non-hydrogen) atoms. The van der Waals surface area contributed by atoms with Gasteiger partial charge < -0.3 is 19.9 Å². The van der Waals surface area contributed by atoms with Gasteiger partial charge in [-0.05, 0) is 38.0 Å². The maximum Gasteiger partial charge on any atom is 0.337 e. The second kappa shape index (κ2) is 8.23. The topological polar surface area (TPSA) is 74.4 Å². The van der Waals surface area contributed by atoms with E-state index in [2.05, 4.69) is 15.2 Å². The second-order valence-electron chi connectivity index (χ2n) is 6.53. The van der Waals surface area contributed by atoms with Crippen LogP contribution >= 0.6 is 23.2 Å². The number of hydrogen-bond acceptors (Lipinski definition) is 4. The van der Waals surface area contributed by atoms with Crippen LogP contribution in [-0.4, -0.2) is 43.1 Å². The van der Waals surface area contributed by atoms with Crippen LogP contribution in [0.25, 0.3) is 0 Å². The zero-order chi connectivity index (χ0) is 19.6. The molecule has 1 aliphatic rings. The second-order valence-corrected chi connectivity index (χ2v) is 7.29. The monoisotopic (exact) mass is 409 g/mol. The van der Waals surface area contributed by atoms with E-state index in [1.54, 1.807) is 13.0 Å². The number of aromatic nitrogens is 1. The number of hydrogen-bond donors (Lipinski definition) is 2. The molecule has 0 unspecified atom stereocenters. The standard InChI is InChI=1S/C19H21Cl2N3O3/c1-11-15(20)16(21)17(22-11)18(25)23-13-6-8-24(9-7-13)14-5-3-4-12(10-14)19(26)27-2/h3-5,10,13,22H,6-9H2,1-2H3,(H,23,25). The van der Waals surface area contributed by atoms with Crippen molar-refractivity contribution >= 4 is 40.8 Å². The van der Waals surface area contributed by atoms with Crippen molar-refractivity contribution < 1.29 is 14.3 Å². The SMILES string of the molecule is COC(=O)c1cccc(N2CCC(NC(=O)c3[nH]c(C)c(Cl)c3Cl)CC2)c1. The molecule has 8 heteroatoms.